The number of carbonyl (C=O) groups is 1. The number of para-hydroxylation sites is 1. The van der Waals surface area contributed by atoms with Crippen LogP contribution >= 0.6 is 24.0 Å². The number of ether oxygens (including phenoxy) is 1. The number of carbonyl (C=O) groups excluding carboxylic acids is 1. The van der Waals surface area contributed by atoms with Crippen molar-refractivity contribution in [2.24, 2.45) is 4.99 Å². The zero-order valence-electron chi connectivity index (χ0n) is 19.5. The first-order valence-corrected chi connectivity index (χ1v) is 10.5. The highest BCUT2D eigenvalue weighted by molar-refractivity contribution is 14.0. The van der Waals surface area contributed by atoms with Gasteiger partial charge in [-0.15, -0.1) is 24.0 Å². The first-order valence-electron chi connectivity index (χ1n) is 10.5. The van der Waals surface area contributed by atoms with Crippen LogP contribution in [-0.4, -0.2) is 37.9 Å². The topological polar surface area (TPSA) is 66.0 Å². The SMILES string of the molecule is CN=C(NCc1ccc(C(=O)N(C)C)cc1)NCc1ccccc1Oc1ccc(C)cc1.I. The third-order valence-electron chi connectivity index (χ3n) is 4.96. The number of nitrogens with one attached hydrogen (secondary N) is 2. The van der Waals surface area contributed by atoms with E-state index in [4.69, 9.17) is 4.74 Å². The standard InChI is InChI=1S/C26H30N4O2.HI/c1-19-9-15-23(16-10-19)32-24-8-6-5-7-22(24)18-29-26(27-2)28-17-20-11-13-21(14-12-20)25(31)30(3)4;/h5-16H,17-18H2,1-4H3,(H2,27,28,29);1H. The minimum atomic E-state index is -0.00601. The van der Waals surface area contributed by atoms with Crippen molar-refractivity contribution in [1.82, 2.24) is 15.5 Å². The van der Waals surface area contributed by atoms with Gasteiger partial charge in [-0.05, 0) is 42.8 Å². The Morgan fingerprint density at radius 3 is 2.18 bits per heavy atom. The Hall–Kier alpha value is -3.07. The highest BCUT2D eigenvalue weighted by Crippen LogP contribution is 2.25. The number of guanidine groups is 1. The van der Waals surface area contributed by atoms with E-state index in [1.54, 1.807) is 26.0 Å². The van der Waals surface area contributed by atoms with Crippen LogP contribution in [0.5, 0.6) is 11.5 Å². The first kappa shape index (κ1) is 26.2. The molecule has 3 aromatic rings. The smallest absolute Gasteiger partial charge is 0.253 e. The molecule has 0 saturated heterocycles. The molecule has 3 aromatic carbocycles. The Morgan fingerprint density at radius 2 is 1.55 bits per heavy atom. The van der Waals surface area contributed by atoms with Crippen molar-refractivity contribution in [3.05, 3.63) is 95.1 Å². The zero-order valence-corrected chi connectivity index (χ0v) is 21.8. The van der Waals surface area contributed by atoms with Crippen LogP contribution in [0.2, 0.25) is 0 Å². The van der Waals surface area contributed by atoms with E-state index in [0.717, 1.165) is 22.6 Å². The average molecular weight is 558 g/mol. The summed E-state index contributed by atoms with van der Waals surface area (Å²) in [6.45, 7) is 3.22. The summed E-state index contributed by atoms with van der Waals surface area (Å²) in [5.41, 5.74) is 3.96. The van der Waals surface area contributed by atoms with Crippen molar-refractivity contribution in [3.8, 4) is 11.5 Å². The van der Waals surface area contributed by atoms with Crippen LogP contribution in [0.25, 0.3) is 0 Å². The number of rotatable bonds is 7. The van der Waals surface area contributed by atoms with Crippen LogP contribution in [0.4, 0.5) is 0 Å². The van der Waals surface area contributed by atoms with Crippen molar-refractivity contribution >= 4 is 35.8 Å². The van der Waals surface area contributed by atoms with Gasteiger partial charge < -0.3 is 20.3 Å². The van der Waals surface area contributed by atoms with Gasteiger partial charge in [-0.3, -0.25) is 9.79 Å². The minimum absolute atomic E-state index is 0. The molecule has 0 unspecified atom stereocenters. The largest absolute Gasteiger partial charge is 0.457 e. The lowest BCUT2D eigenvalue weighted by Gasteiger charge is -2.15. The molecule has 1 amide bonds. The van der Waals surface area contributed by atoms with E-state index in [-0.39, 0.29) is 29.9 Å². The van der Waals surface area contributed by atoms with Crippen LogP contribution in [0, 0.1) is 6.92 Å². The Morgan fingerprint density at radius 1 is 0.909 bits per heavy atom. The Kier molecular flexibility index (Phi) is 10.2. The molecular weight excluding hydrogens is 527 g/mol. The van der Waals surface area contributed by atoms with E-state index in [1.165, 1.54) is 5.56 Å². The van der Waals surface area contributed by atoms with Gasteiger partial charge in [0.2, 0.25) is 0 Å². The number of amides is 1. The number of hydrogen-bond donors (Lipinski definition) is 2. The van der Waals surface area contributed by atoms with E-state index in [2.05, 4.69) is 22.5 Å². The van der Waals surface area contributed by atoms with Crippen molar-refractivity contribution in [3.63, 3.8) is 0 Å². The van der Waals surface area contributed by atoms with Gasteiger partial charge in [0.05, 0.1) is 0 Å². The van der Waals surface area contributed by atoms with E-state index in [1.807, 2.05) is 72.8 Å². The third-order valence-corrected chi connectivity index (χ3v) is 4.96. The quantitative estimate of drug-likeness (QED) is 0.244. The molecule has 0 aliphatic rings. The molecule has 3 rings (SSSR count). The molecule has 6 nitrogen and oxygen atoms in total. The summed E-state index contributed by atoms with van der Waals surface area (Å²) in [5.74, 6) is 2.29. The minimum Gasteiger partial charge on any atom is -0.457 e. The van der Waals surface area contributed by atoms with E-state index < -0.39 is 0 Å². The van der Waals surface area contributed by atoms with Gasteiger partial charge in [0.15, 0.2) is 5.96 Å². The molecule has 174 valence electrons. The summed E-state index contributed by atoms with van der Waals surface area (Å²) in [5, 5.41) is 6.64. The summed E-state index contributed by atoms with van der Waals surface area (Å²) in [7, 11) is 5.23. The average Bonchev–Trinajstić information content (AvgIpc) is 2.81. The molecule has 0 aliphatic heterocycles. The summed E-state index contributed by atoms with van der Waals surface area (Å²) >= 11 is 0. The Balaban J connectivity index is 0.00000385. The fourth-order valence-corrected chi connectivity index (χ4v) is 3.09. The Bertz CT molecular complexity index is 1060. The van der Waals surface area contributed by atoms with Crippen molar-refractivity contribution in [2.75, 3.05) is 21.1 Å². The van der Waals surface area contributed by atoms with Gasteiger partial charge in [-0.2, -0.15) is 0 Å². The molecule has 0 saturated carbocycles. The Labute approximate surface area is 213 Å². The van der Waals surface area contributed by atoms with Crippen molar-refractivity contribution in [1.29, 1.82) is 0 Å². The second-order valence-electron chi connectivity index (χ2n) is 7.70. The molecule has 2 N–H and O–H groups in total. The lowest BCUT2D eigenvalue weighted by molar-refractivity contribution is 0.0827. The second kappa shape index (κ2) is 12.8. The number of nitrogens with zero attached hydrogens (tertiary/aromatic N) is 2. The van der Waals surface area contributed by atoms with Crippen LogP contribution in [0.3, 0.4) is 0 Å². The molecule has 0 heterocycles. The fraction of sp³-hybridized carbons (Fsp3) is 0.231. The molecule has 0 fully saturated rings. The van der Waals surface area contributed by atoms with Gasteiger partial charge in [-0.25, -0.2) is 0 Å². The fourth-order valence-electron chi connectivity index (χ4n) is 3.09. The van der Waals surface area contributed by atoms with E-state index in [0.29, 0.717) is 24.6 Å². The second-order valence-corrected chi connectivity index (χ2v) is 7.70. The maximum absolute atomic E-state index is 12.0. The van der Waals surface area contributed by atoms with Crippen LogP contribution in [0.1, 0.15) is 27.0 Å². The molecule has 0 aliphatic carbocycles. The summed E-state index contributed by atoms with van der Waals surface area (Å²) in [4.78, 5) is 17.9. The van der Waals surface area contributed by atoms with Gasteiger partial charge in [0, 0.05) is 45.4 Å². The van der Waals surface area contributed by atoms with Gasteiger partial charge in [0.1, 0.15) is 11.5 Å². The zero-order chi connectivity index (χ0) is 22.9. The molecule has 0 atom stereocenters. The molecular formula is C26H31IN4O2. The number of aliphatic imine (C=N–C) groups is 1. The third kappa shape index (κ3) is 7.78. The summed E-state index contributed by atoms with van der Waals surface area (Å²) in [6, 6.07) is 23.5. The van der Waals surface area contributed by atoms with Crippen LogP contribution in [0.15, 0.2) is 77.8 Å². The van der Waals surface area contributed by atoms with E-state index >= 15 is 0 Å². The van der Waals surface area contributed by atoms with Crippen molar-refractivity contribution in [2.45, 2.75) is 20.0 Å². The van der Waals surface area contributed by atoms with Gasteiger partial charge >= 0.3 is 0 Å². The molecule has 0 spiro atoms. The lowest BCUT2D eigenvalue weighted by atomic mass is 10.1. The molecule has 7 heteroatoms. The molecule has 33 heavy (non-hydrogen) atoms. The molecule has 0 aromatic heterocycles. The number of benzene rings is 3. The normalized spacial score (nSPS) is 10.7. The predicted molar refractivity (Wildman–Crippen MR) is 145 cm³/mol. The maximum atomic E-state index is 12.0. The molecule has 0 bridgehead atoms. The highest BCUT2D eigenvalue weighted by atomic mass is 127. The van der Waals surface area contributed by atoms with Crippen LogP contribution < -0.4 is 15.4 Å². The number of halogens is 1. The number of hydrogen-bond acceptors (Lipinski definition) is 3. The summed E-state index contributed by atoms with van der Waals surface area (Å²) in [6.07, 6.45) is 0. The van der Waals surface area contributed by atoms with E-state index in [9.17, 15) is 4.79 Å². The summed E-state index contributed by atoms with van der Waals surface area (Å²) < 4.78 is 6.08. The highest BCUT2D eigenvalue weighted by Gasteiger charge is 2.08. The monoisotopic (exact) mass is 558 g/mol. The molecule has 0 radical (unpaired) electrons. The van der Waals surface area contributed by atoms with Gasteiger partial charge in [-0.1, -0.05) is 48.0 Å². The number of aryl methyl sites for hydroxylation is 1. The first-order chi connectivity index (χ1) is 15.5. The van der Waals surface area contributed by atoms with Crippen LogP contribution in [-0.2, 0) is 13.1 Å². The predicted octanol–water partition coefficient (Wildman–Crippen LogP) is 4.97. The van der Waals surface area contributed by atoms with Crippen molar-refractivity contribution < 1.29 is 9.53 Å². The lowest BCUT2D eigenvalue weighted by Crippen LogP contribution is -2.36. The van der Waals surface area contributed by atoms with Gasteiger partial charge in [0.25, 0.3) is 5.91 Å². The maximum Gasteiger partial charge on any atom is 0.253 e.